The van der Waals surface area contributed by atoms with Gasteiger partial charge in [0.15, 0.2) is 0 Å². The van der Waals surface area contributed by atoms with Gasteiger partial charge in [0.2, 0.25) is 0 Å². The predicted molar refractivity (Wildman–Crippen MR) is 50.0 cm³/mol. The number of hydrogen-bond donors (Lipinski definition) is 1. The van der Waals surface area contributed by atoms with Gasteiger partial charge in [0, 0.05) is 18.3 Å². The molecular weight excluding hydrogens is 150 g/mol. The van der Waals surface area contributed by atoms with Gasteiger partial charge in [-0.1, -0.05) is 0 Å². The Morgan fingerprint density at radius 2 is 2.33 bits per heavy atom. The van der Waals surface area contributed by atoms with Crippen molar-refractivity contribution in [1.29, 1.82) is 0 Å². The largest absolute Gasteiger partial charge is 0.328 e. The van der Waals surface area contributed by atoms with E-state index in [1.807, 2.05) is 17.8 Å². The smallest absolute Gasteiger partial charge is 0.0525 e. The van der Waals surface area contributed by atoms with Crippen molar-refractivity contribution in [3.63, 3.8) is 0 Å². The minimum atomic E-state index is 0.221. The first-order valence-corrected chi connectivity index (χ1v) is 4.42. The summed E-state index contributed by atoms with van der Waals surface area (Å²) < 4.78 is 2.00. The van der Waals surface area contributed by atoms with E-state index < -0.39 is 0 Å². The number of rotatable bonds is 3. The average Bonchev–Trinajstić information content (AvgIpc) is 2.32. The van der Waals surface area contributed by atoms with Crippen molar-refractivity contribution in [1.82, 2.24) is 9.78 Å². The van der Waals surface area contributed by atoms with Gasteiger partial charge < -0.3 is 5.73 Å². The van der Waals surface area contributed by atoms with E-state index in [1.165, 1.54) is 11.3 Å². The number of hydrogen-bond acceptors (Lipinski definition) is 2. The Balaban J connectivity index is 2.80. The Hall–Kier alpha value is -0.830. The minimum absolute atomic E-state index is 0.221. The Kier molecular flexibility index (Phi) is 2.87. The quantitative estimate of drug-likeness (QED) is 0.732. The Morgan fingerprint density at radius 3 is 2.75 bits per heavy atom. The van der Waals surface area contributed by atoms with Crippen molar-refractivity contribution in [2.24, 2.45) is 5.73 Å². The van der Waals surface area contributed by atoms with Gasteiger partial charge in [0.05, 0.1) is 6.20 Å². The Morgan fingerprint density at radius 1 is 1.67 bits per heavy atom. The minimum Gasteiger partial charge on any atom is -0.328 e. The van der Waals surface area contributed by atoms with E-state index in [4.69, 9.17) is 5.73 Å². The summed E-state index contributed by atoms with van der Waals surface area (Å²) in [5.41, 5.74) is 8.22. The van der Waals surface area contributed by atoms with Crippen LogP contribution in [0.15, 0.2) is 6.20 Å². The fourth-order valence-corrected chi connectivity index (χ4v) is 1.35. The predicted octanol–water partition coefficient (Wildman–Crippen LogP) is 1.10. The normalized spacial score (nSPS) is 13.3. The third kappa shape index (κ3) is 1.85. The standard InChI is InChI=1S/C9H17N3/c1-4-12-8(3)9(6-11-12)5-7(2)10/h6-7H,4-5,10H2,1-3H3. The van der Waals surface area contributed by atoms with Gasteiger partial charge in [-0.05, 0) is 32.8 Å². The maximum Gasteiger partial charge on any atom is 0.0525 e. The van der Waals surface area contributed by atoms with Crippen LogP contribution in [0.4, 0.5) is 0 Å². The van der Waals surface area contributed by atoms with Crippen LogP contribution < -0.4 is 5.73 Å². The molecule has 0 aromatic carbocycles. The average molecular weight is 167 g/mol. The summed E-state index contributed by atoms with van der Waals surface area (Å²) in [6.07, 6.45) is 2.84. The molecule has 1 aromatic heterocycles. The first-order valence-electron chi connectivity index (χ1n) is 4.42. The Labute approximate surface area is 73.6 Å². The van der Waals surface area contributed by atoms with E-state index in [-0.39, 0.29) is 6.04 Å². The molecule has 0 bridgehead atoms. The van der Waals surface area contributed by atoms with E-state index in [1.54, 1.807) is 0 Å². The molecule has 0 saturated carbocycles. The van der Waals surface area contributed by atoms with Gasteiger partial charge in [-0.3, -0.25) is 4.68 Å². The molecule has 0 amide bonds. The highest BCUT2D eigenvalue weighted by atomic mass is 15.3. The van der Waals surface area contributed by atoms with Crippen molar-refractivity contribution in [3.8, 4) is 0 Å². The zero-order valence-corrected chi connectivity index (χ0v) is 8.04. The molecule has 0 aliphatic rings. The monoisotopic (exact) mass is 167 g/mol. The molecule has 1 atom stereocenters. The second-order valence-electron chi connectivity index (χ2n) is 3.25. The second-order valence-corrected chi connectivity index (χ2v) is 3.25. The van der Waals surface area contributed by atoms with Crippen LogP contribution in [0, 0.1) is 6.92 Å². The molecular formula is C9H17N3. The van der Waals surface area contributed by atoms with Gasteiger partial charge in [-0.25, -0.2) is 0 Å². The number of aryl methyl sites for hydroxylation is 1. The lowest BCUT2D eigenvalue weighted by Crippen LogP contribution is -2.18. The number of aromatic nitrogens is 2. The van der Waals surface area contributed by atoms with Crippen molar-refractivity contribution in [3.05, 3.63) is 17.5 Å². The van der Waals surface area contributed by atoms with Gasteiger partial charge in [-0.15, -0.1) is 0 Å². The highest BCUT2D eigenvalue weighted by Crippen LogP contribution is 2.08. The summed E-state index contributed by atoms with van der Waals surface area (Å²) in [5, 5.41) is 4.25. The van der Waals surface area contributed by atoms with Gasteiger partial charge in [0.25, 0.3) is 0 Å². The molecule has 1 rings (SSSR count). The molecule has 0 aliphatic heterocycles. The van der Waals surface area contributed by atoms with Crippen molar-refractivity contribution < 1.29 is 0 Å². The van der Waals surface area contributed by atoms with Gasteiger partial charge >= 0.3 is 0 Å². The molecule has 12 heavy (non-hydrogen) atoms. The lowest BCUT2D eigenvalue weighted by atomic mass is 10.1. The number of nitrogens with two attached hydrogens (primary N) is 1. The van der Waals surface area contributed by atoms with Crippen LogP contribution in [0.1, 0.15) is 25.1 Å². The molecule has 2 N–H and O–H groups in total. The van der Waals surface area contributed by atoms with E-state index in [0.29, 0.717) is 0 Å². The van der Waals surface area contributed by atoms with Crippen LogP contribution >= 0.6 is 0 Å². The van der Waals surface area contributed by atoms with Crippen LogP contribution in [0.5, 0.6) is 0 Å². The summed E-state index contributed by atoms with van der Waals surface area (Å²) in [6.45, 7) is 7.14. The highest BCUT2D eigenvalue weighted by molar-refractivity contribution is 5.17. The fourth-order valence-electron chi connectivity index (χ4n) is 1.35. The SMILES string of the molecule is CCn1ncc(CC(C)N)c1C. The maximum absolute atomic E-state index is 5.71. The van der Waals surface area contributed by atoms with Crippen LogP contribution in [0.3, 0.4) is 0 Å². The van der Waals surface area contributed by atoms with E-state index in [0.717, 1.165) is 13.0 Å². The molecule has 0 saturated heterocycles. The lowest BCUT2D eigenvalue weighted by molar-refractivity contribution is 0.636. The summed E-state index contributed by atoms with van der Waals surface area (Å²) >= 11 is 0. The van der Waals surface area contributed by atoms with Gasteiger partial charge in [0.1, 0.15) is 0 Å². The molecule has 0 radical (unpaired) electrons. The van der Waals surface area contributed by atoms with Crippen molar-refractivity contribution >= 4 is 0 Å². The highest BCUT2D eigenvalue weighted by Gasteiger charge is 2.06. The zero-order valence-electron chi connectivity index (χ0n) is 8.04. The first kappa shape index (κ1) is 9.26. The molecule has 1 aromatic rings. The van der Waals surface area contributed by atoms with Crippen LogP contribution in [0.25, 0.3) is 0 Å². The maximum atomic E-state index is 5.71. The van der Waals surface area contributed by atoms with Crippen molar-refractivity contribution in [2.45, 2.75) is 39.8 Å². The van der Waals surface area contributed by atoms with Crippen LogP contribution in [-0.4, -0.2) is 15.8 Å². The molecule has 68 valence electrons. The molecule has 0 spiro atoms. The second kappa shape index (κ2) is 3.72. The summed E-state index contributed by atoms with van der Waals surface area (Å²) in [7, 11) is 0. The molecule has 0 aliphatic carbocycles. The fraction of sp³-hybridized carbons (Fsp3) is 0.667. The van der Waals surface area contributed by atoms with E-state index in [9.17, 15) is 0 Å². The van der Waals surface area contributed by atoms with E-state index >= 15 is 0 Å². The van der Waals surface area contributed by atoms with E-state index in [2.05, 4.69) is 18.9 Å². The third-order valence-corrected chi connectivity index (χ3v) is 2.05. The molecule has 1 heterocycles. The van der Waals surface area contributed by atoms with Crippen LogP contribution in [-0.2, 0) is 13.0 Å². The third-order valence-electron chi connectivity index (χ3n) is 2.05. The summed E-state index contributed by atoms with van der Waals surface area (Å²) in [6, 6.07) is 0.221. The molecule has 3 heteroatoms. The van der Waals surface area contributed by atoms with Crippen molar-refractivity contribution in [2.75, 3.05) is 0 Å². The lowest BCUT2D eigenvalue weighted by Gasteiger charge is -2.04. The van der Waals surface area contributed by atoms with Crippen LogP contribution in [0.2, 0.25) is 0 Å². The number of nitrogens with zero attached hydrogens (tertiary/aromatic N) is 2. The first-order chi connectivity index (χ1) is 5.65. The topological polar surface area (TPSA) is 43.8 Å². The molecule has 0 fully saturated rings. The molecule has 1 unspecified atom stereocenters. The summed E-state index contributed by atoms with van der Waals surface area (Å²) in [4.78, 5) is 0. The Bertz CT molecular complexity index is 250. The van der Waals surface area contributed by atoms with Gasteiger partial charge in [-0.2, -0.15) is 5.10 Å². The zero-order chi connectivity index (χ0) is 9.14. The summed E-state index contributed by atoms with van der Waals surface area (Å²) in [5.74, 6) is 0. The molecule has 3 nitrogen and oxygen atoms in total.